The van der Waals surface area contributed by atoms with E-state index in [1.54, 1.807) is 13.1 Å². The SMILES string of the molecule is CN=C(C)/C=C\NC=O. The summed E-state index contributed by atoms with van der Waals surface area (Å²) < 4.78 is 0. The number of nitrogens with one attached hydrogen (secondary N) is 1. The molecule has 0 atom stereocenters. The van der Waals surface area contributed by atoms with E-state index in [2.05, 4.69) is 10.3 Å². The van der Waals surface area contributed by atoms with E-state index in [-0.39, 0.29) is 0 Å². The van der Waals surface area contributed by atoms with Gasteiger partial charge in [-0.25, -0.2) is 0 Å². The second-order valence-electron chi connectivity index (χ2n) is 1.48. The van der Waals surface area contributed by atoms with Crippen molar-refractivity contribution >= 4 is 12.1 Å². The fourth-order valence-electron chi connectivity index (χ4n) is 0.283. The number of rotatable bonds is 3. The number of nitrogens with zero attached hydrogens (tertiary/aromatic N) is 1. The highest BCUT2D eigenvalue weighted by Crippen LogP contribution is 1.74. The number of allylic oxidation sites excluding steroid dienone is 1. The molecule has 0 aliphatic heterocycles. The van der Waals surface area contributed by atoms with Gasteiger partial charge in [-0.1, -0.05) is 0 Å². The molecule has 0 aliphatic rings. The second-order valence-corrected chi connectivity index (χ2v) is 1.48. The lowest BCUT2D eigenvalue weighted by Gasteiger charge is -1.85. The summed E-state index contributed by atoms with van der Waals surface area (Å²) in [7, 11) is 1.70. The molecule has 3 nitrogen and oxygen atoms in total. The molecular formula is C6H10N2O. The van der Waals surface area contributed by atoms with Crippen LogP contribution in [0.5, 0.6) is 0 Å². The van der Waals surface area contributed by atoms with Gasteiger partial charge in [0.1, 0.15) is 0 Å². The maximum atomic E-state index is 9.67. The molecule has 9 heavy (non-hydrogen) atoms. The molecule has 0 radical (unpaired) electrons. The highest BCUT2D eigenvalue weighted by atomic mass is 16.1. The molecule has 0 aromatic rings. The van der Waals surface area contributed by atoms with Gasteiger partial charge in [-0.3, -0.25) is 9.79 Å². The van der Waals surface area contributed by atoms with Crippen molar-refractivity contribution in [2.24, 2.45) is 4.99 Å². The van der Waals surface area contributed by atoms with Crippen LogP contribution >= 0.6 is 0 Å². The summed E-state index contributed by atoms with van der Waals surface area (Å²) in [6.45, 7) is 1.85. The molecule has 50 valence electrons. The molecule has 0 unspecified atom stereocenters. The highest BCUT2D eigenvalue weighted by Gasteiger charge is 1.75. The van der Waals surface area contributed by atoms with Crippen molar-refractivity contribution < 1.29 is 4.79 Å². The molecule has 0 fully saturated rings. The third-order valence-electron chi connectivity index (χ3n) is 0.842. The van der Waals surface area contributed by atoms with Crippen molar-refractivity contribution in [3.05, 3.63) is 12.3 Å². The summed E-state index contributed by atoms with van der Waals surface area (Å²) in [4.78, 5) is 13.5. The summed E-state index contributed by atoms with van der Waals surface area (Å²) >= 11 is 0. The Hall–Kier alpha value is -1.12. The van der Waals surface area contributed by atoms with E-state index in [0.717, 1.165) is 5.71 Å². The molecule has 0 aliphatic carbocycles. The van der Waals surface area contributed by atoms with Crippen LogP contribution in [0.2, 0.25) is 0 Å². The van der Waals surface area contributed by atoms with Gasteiger partial charge in [-0.05, 0) is 13.0 Å². The predicted octanol–water partition coefficient (Wildman–Crippen LogP) is 0.337. The van der Waals surface area contributed by atoms with Crippen LogP contribution in [0.1, 0.15) is 6.92 Å². The lowest BCUT2D eigenvalue weighted by molar-refractivity contribution is -0.108. The third kappa shape index (κ3) is 4.74. The van der Waals surface area contributed by atoms with E-state index in [0.29, 0.717) is 6.41 Å². The minimum atomic E-state index is 0.611. The zero-order valence-electron chi connectivity index (χ0n) is 5.59. The molecular weight excluding hydrogens is 116 g/mol. The zero-order chi connectivity index (χ0) is 7.11. The first-order valence-electron chi connectivity index (χ1n) is 2.61. The van der Waals surface area contributed by atoms with Crippen molar-refractivity contribution in [1.82, 2.24) is 5.32 Å². The quantitative estimate of drug-likeness (QED) is 0.430. The first kappa shape index (κ1) is 7.88. The standard InChI is InChI=1S/C6H10N2O/c1-6(7-2)3-4-8-5-9/h3-5H,1-2H3,(H,8,9)/b4-3-,7-6?. The van der Waals surface area contributed by atoms with Gasteiger partial charge < -0.3 is 5.32 Å². The molecule has 0 saturated heterocycles. The molecule has 0 rings (SSSR count). The molecule has 1 N–H and O–H groups in total. The van der Waals surface area contributed by atoms with Gasteiger partial charge in [0, 0.05) is 19.0 Å². The first-order valence-corrected chi connectivity index (χ1v) is 2.61. The Kier molecular flexibility index (Phi) is 4.40. The van der Waals surface area contributed by atoms with Crippen molar-refractivity contribution in [3.8, 4) is 0 Å². The van der Waals surface area contributed by atoms with Crippen LogP contribution in [0.15, 0.2) is 17.3 Å². The molecule has 0 heterocycles. The lowest BCUT2D eigenvalue weighted by atomic mass is 10.4. The van der Waals surface area contributed by atoms with E-state index in [1.165, 1.54) is 6.20 Å². The van der Waals surface area contributed by atoms with E-state index in [4.69, 9.17) is 0 Å². The molecule has 1 amide bonds. The van der Waals surface area contributed by atoms with Gasteiger partial charge in [0.25, 0.3) is 0 Å². The van der Waals surface area contributed by atoms with E-state index >= 15 is 0 Å². The Bertz CT molecular complexity index is 138. The molecule has 0 saturated carbocycles. The number of amides is 1. The minimum absolute atomic E-state index is 0.611. The monoisotopic (exact) mass is 126 g/mol. The zero-order valence-corrected chi connectivity index (χ0v) is 5.59. The Morgan fingerprint density at radius 1 is 1.67 bits per heavy atom. The third-order valence-corrected chi connectivity index (χ3v) is 0.842. The first-order chi connectivity index (χ1) is 4.31. The van der Waals surface area contributed by atoms with Gasteiger partial charge in [-0.2, -0.15) is 0 Å². The van der Waals surface area contributed by atoms with Crippen molar-refractivity contribution in [1.29, 1.82) is 0 Å². The van der Waals surface area contributed by atoms with Gasteiger partial charge in [0.15, 0.2) is 0 Å². The van der Waals surface area contributed by atoms with E-state index in [1.807, 2.05) is 6.92 Å². The van der Waals surface area contributed by atoms with Crippen LogP contribution < -0.4 is 5.32 Å². The summed E-state index contributed by atoms with van der Waals surface area (Å²) in [6.07, 6.45) is 3.86. The van der Waals surface area contributed by atoms with Gasteiger partial charge >= 0.3 is 0 Å². The van der Waals surface area contributed by atoms with Crippen LogP contribution in [0, 0.1) is 0 Å². The molecule has 0 aromatic heterocycles. The van der Waals surface area contributed by atoms with Gasteiger partial charge in [0.2, 0.25) is 6.41 Å². The average Bonchev–Trinajstić information content (AvgIpc) is 1.89. The maximum Gasteiger partial charge on any atom is 0.211 e. The molecule has 3 heteroatoms. The summed E-state index contributed by atoms with van der Waals surface area (Å²) in [6, 6.07) is 0. The van der Waals surface area contributed by atoms with Crippen LogP contribution in [-0.2, 0) is 4.79 Å². The number of hydrogen-bond donors (Lipinski definition) is 1. The van der Waals surface area contributed by atoms with Crippen molar-refractivity contribution in [2.45, 2.75) is 6.92 Å². The lowest BCUT2D eigenvalue weighted by Crippen LogP contribution is -1.99. The normalized spacial score (nSPS) is 12.0. The molecule has 0 bridgehead atoms. The van der Waals surface area contributed by atoms with Crippen molar-refractivity contribution in [2.75, 3.05) is 7.05 Å². The smallest absolute Gasteiger partial charge is 0.211 e. The van der Waals surface area contributed by atoms with E-state index < -0.39 is 0 Å². The van der Waals surface area contributed by atoms with Crippen LogP contribution in [-0.4, -0.2) is 19.2 Å². The summed E-state index contributed by atoms with van der Waals surface area (Å²) in [5.74, 6) is 0. The molecule has 0 spiro atoms. The Morgan fingerprint density at radius 3 is 2.78 bits per heavy atom. The number of carbonyl (C=O) groups is 1. The number of carbonyl (C=O) groups excluding carboxylic acids is 1. The predicted molar refractivity (Wildman–Crippen MR) is 37.4 cm³/mol. The Balaban J connectivity index is 3.56. The highest BCUT2D eigenvalue weighted by molar-refractivity contribution is 5.92. The fraction of sp³-hybridized carbons (Fsp3) is 0.333. The maximum absolute atomic E-state index is 9.67. The summed E-state index contributed by atoms with van der Waals surface area (Å²) in [5, 5.41) is 2.37. The Labute approximate surface area is 54.5 Å². The van der Waals surface area contributed by atoms with Crippen LogP contribution in [0.25, 0.3) is 0 Å². The number of hydrogen-bond acceptors (Lipinski definition) is 2. The fourth-order valence-corrected chi connectivity index (χ4v) is 0.283. The molecule has 0 aromatic carbocycles. The van der Waals surface area contributed by atoms with Gasteiger partial charge in [0.05, 0.1) is 0 Å². The van der Waals surface area contributed by atoms with Crippen LogP contribution in [0.4, 0.5) is 0 Å². The average molecular weight is 126 g/mol. The summed E-state index contributed by atoms with van der Waals surface area (Å²) in [5.41, 5.74) is 0.879. The Morgan fingerprint density at radius 2 is 2.33 bits per heavy atom. The van der Waals surface area contributed by atoms with Crippen molar-refractivity contribution in [3.63, 3.8) is 0 Å². The minimum Gasteiger partial charge on any atom is -0.335 e. The topological polar surface area (TPSA) is 41.5 Å². The van der Waals surface area contributed by atoms with E-state index in [9.17, 15) is 4.79 Å². The second kappa shape index (κ2) is 5.03. The van der Waals surface area contributed by atoms with Gasteiger partial charge in [-0.15, -0.1) is 0 Å². The van der Waals surface area contributed by atoms with Crippen LogP contribution in [0.3, 0.4) is 0 Å². The number of aliphatic imine (C=N–C) groups is 1. The largest absolute Gasteiger partial charge is 0.335 e.